The Morgan fingerprint density at radius 1 is 1.03 bits per heavy atom. The zero-order valence-electron chi connectivity index (χ0n) is 20.6. The van der Waals surface area contributed by atoms with Crippen LogP contribution >= 0.6 is 0 Å². The number of Topliss-reactive ketones (excluding diaryl/α,β-unsaturated/α-hetero) is 1. The Balaban J connectivity index is 1.81. The highest BCUT2D eigenvalue weighted by atomic mass is 16.6. The van der Waals surface area contributed by atoms with Gasteiger partial charge in [0.2, 0.25) is 0 Å². The fourth-order valence-corrected chi connectivity index (χ4v) is 4.27. The minimum absolute atomic E-state index is 0.00514. The van der Waals surface area contributed by atoms with Crippen molar-refractivity contribution in [3.05, 3.63) is 105 Å². The maximum absolute atomic E-state index is 13.3. The number of benzene rings is 3. The molecule has 0 bridgehead atoms. The van der Waals surface area contributed by atoms with Gasteiger partial charge in [-0.15, -0.1) is 0 Å². The summed E-state index contributed by atoms with van der Waals surface area (Å²) >= 11 is 0. The van der Waals surface area contributed by atoms with Crippen molar-refractivity contribution in [1.29, 1.82) is 0 Å². The van der Waals surface area contributed by atoms with Crippen LogP contribution in [-0.2, 0) is 16.1 Å². The molecule has 3 aromatic rings. The molecule has 1 aliphatic rings. The van der Waals surface area contributed by atoms with Gasteiger partial charge in [-0.2, -0.15) is 0 Å². The fraction of sp³-hybridized carbons (Fsp3) is 0.214. The van der Waals surface area contributed by atoms with E-state index in [-0.39, 0.29) is 29.5 Å². The van der Waals surface area contributed by atoms with E-state index in [2.05, 4.69) is 0 Å². The van der Waals surface area contributed by atoms with Crippen molar-refractivity contribution in [3.63, 3.8) is 0 Å². The Labute approximate surface area is 213 Å². The summed E-state index contributed by atoms with van der Waals surface area (Å²) in [5, 5.41) is 22.5. The maximum Gasteiger partial charge on any atom is 0.295 e. The molecular formula is C28H26N2O7. The number of carbonyl (C=O) groups excluding carboxylic acids is 2. The molecule has 190 valence electrons. The summed E-state index contributed by atoms with van der Waals surface area (Å²) in [5.74, 6) is -0.971. The second kappa shape index (κ2) is 10.5. The van der Waals surface area contributed by atoms with Gasteiger partial charge in [0.1, 0.15) is 17.3 Å². The van der Waals surface area contributed by atoms with Gasteiger partial charge in [-0.1, -0.05) is 36.4 Å². The van der Waals surface area contributed by atoms with Crippen LogP contribution in [0, 0.1) is 10.1 Å². The Bertz CT molecular complexity index is 1380. The van der Waals surface area contributed by atoms with Crippen molar-refractivity contribution in [2.45, 2.75) is 32.5 Å². The third kappa shape index (κ3) is 5.30. The third-order valence-corrected chi connectivity index (χ3v) is 5.93. The normalized spacial score (nSPS) is 16.8. The molecule has 1 aliphatic heterocycles. The molecule has 1 amide bonds. The van der Waals surface area contributed by atoms with Crippen molar-refractivity contribution < 1.29 is 29.1 Å². The monoisotopic (exact) mass is 502 g/mol. The molecule has 1 N–H and O–H groups in total. The largest absolute Gasteiger partial charge is 0.507 e. The lowest BCUT2D eigenvalue weighted by Gasteiger charge is -2.26. The molecule has 0 aromatic heterocycles. The van der Waals surface area contributed by atoms with E-state index in [1.54, 1.807) is 48.5 Å². The molecular weight excluding hydrogens is 476 g/mol. The van der Waals surface area contributed by atoms with Crippen LogP contribution in [-0.4, -0.2) is 39.8 Å². The number of carbonyl (C=O) groups is 2. The number of rotatable bonds is 8. The number of nitro groups is 1. The van der Waals surface area contributed by atoms with E-state index in [0.717, 1.165) is 5.56 Å². The Morgan fingerprint density at radius 3 is 2.38 bits per heavy atom. The molecule has 37 heavy (non-hydrogen) atoms. The van der Waals surface area contributed by atoms with Gasteiger partial charge >= 0.3 is 0 Å². The predicted octanol–water partition coefficient (Wildman–Crippen LogP) is 5.01. The van der Waals surface area contributed by atoms with Gasteiger partial charge in [0.25, 0.3) is 17.4 Å². The summed E-state index contributed by atoms with van der Waals surface area (Å²) in [6, 6.07) is 18.4. The van der Waals surface area contributed by atoms with E-state index < -0.39 is 28.4 Å². The second-order valence-corrected chi connectivity index (χ2v) is 8.82. The summed E-state index contributed by atoms with van der Waals surface area (Å²) in [6.45, 7) is 3.92. The molecule has 0 spiro atoms. The van der Waals surface area contributed by atoms with Crippen LogP contribution in [0.15, 0.2) is 78.4 Å². The van der Waals surface area contributed by atoms with E-state index in [4.69, 9.17) is 9.47 Å². The minimum Gasteiger partial charge on any atom is -0.507 e. The number of ether oxygens (including phenoxy) is 2. The molecule has 9 nitrogen and oxygen atoms in total. The minimum atomic E-state index is -0.944. The highest BCUT2D eigenvalue weighted by Gasteiger charge is 2.46. The van der Waals surface area contributed by atoms with E-state index in [9.17, 15) is 24.8 Å². The molecule has 0 radical (unpaired) electrons. The predicted molar refractivity (Wildman–Crippen MR) is 136 cm³/mol. The van der Waals surface area contributed by atoms with Gasteiger partial charge in [0, 0.05) is 24.2 Å². The van der Waals surface area contributed by atoms with Crippen molar-refractivity contribution in [1.82, 2.24) is 4.90 Å². The third-order valence-electron chi connectivity index (χ3n) is 5.93. The fourth-order valence-electron chi connectivity index (χ4n) is 4.27. The number of methoxy groups -OCH3 is 1. The number of nitrogens with zero attached hydrogens (tertiary/aromatic N) is 2. The van der Waals surface area contributed by atoms with Gasteiger partial charge in [-0.05, 0) is 49.2 Å². The molecule has 1 fully saturated rings. The van der Waals surface area contributed by atoms with Crippen LogP contribution in [0.25, 0.3) is 5.76 Å². The first-order valence-corrected chi connectivity index (χ1v) is 11.6. The van der Waals surface area contributed by atoms with Gasteiger partial charge in [-0.3, -0.25) is 19.7 Å². The number of hydrogen-bond donors (Lipinski definition) is 1. The summed E-state index contributed by atoms with van der Waals surface area (Å²) in [6.07, 6.45) is 0.00514. The number of ketones is 1. The van der Waals surface area contributed by atoms with E-state index in [1.165, 1.54) is 36.3 Å². The number of nitro benzene ring substituents is 1. The van der Waals surface area contributed by atoms with Crippen LogP contribution in [0.1, 0.15) is 36.6 Å². The van der Waals surface area contributed by atoms with Crippen molar-refractivity contribution in [2.24, 2.45) is 0 Å². The number of aliphatic hydroxyl groups is 1. The van der Waals surface area contributed by atoms with E-state index >= 15 is 0 Å². The van der Waals surface area contributed by atoms with Crippen LogP contribution in [0.3, 0.4) is 0 Å². The van der Waals surface area contributed by atoms with Gasteiger partial charge in [-0.25, -0.2) is 0 Å². The Hall–Kier alpha value is -4.66. The number of non-ortho nitro benzene ring substituents is 1. The number of hydrogen-bond acceptors (Lipinski definition) is 7. The second-order valence-electron chi connectivity index (χ2n) is 8.82. The van der Waals surface area contributed by atoms with Crippen molar-refractivity contribution in [2.75, 3.05) is 7.11 Å². The van der Waals surface area contributed by atoms with Crippen molar-refractivity contribution >= 4 is 23.1 Å². The molecule has 1 heterocycles. The standard InChI is InChI=1S/C28H26N2O7/c1-17(2)37-22-12-10-18(11-13-22)16-29-25(19-6-5-9-23(15-19)36-3)24(27(32)28(29)33)26(31)20-7-4-8-21(14-20)30(34)35/h4-15,17,25,31H,16H2,1-3H3/b26-24-. The van der Waals surface area contributed by atoms with Crippen LogP contribution in [0.2, 0.25) is 0 Å². The molecule has 9 heteroatoms. The summed E-state index contributed by atoms with van der Waals surface area (Å²) in [7, 11) is 1.50. The zero-order chi connectivity index (χ0) is 26.7. The van der Waals surface area contributed by atoms with Crippen LogP contribution < -0.4 is 9.47 Å². The average Bonchev–Trinajstić information content (AvgIpc) is 3.14. The summed E-state index contributed by atoms with van der Waals surface area (Å²) in [5.41, 5.74) is 0.959. The van der Waals surface area contributed by atoms with E-state index in [0.29, 0.717) is 17.1 Å². The Morgan fingerprint density at radius 2 is 1.73 bits per heavy atom. The van der Waals surface area contributed by atoms with Crippen molar-refractivity contribution in [3.8, 4) is 11.5 Å². The summed E-state index contributed by atoms with van der Waals surface area (Å²) in [4.78, 5) is 38.5. The van der Waals surface area contributed by atoms with E-state index in [1.807, 2.05) is 13.8 Å². The lowest BCUT2D eigenvalue weighted by atomic mass is 9.95. The molecule has 0 aliphatic carbocycles. The highest BCUT2D eigenvalue weighted by Crippen LogP contribution is 2.41. The van der Waals surface area contributed by atoms with Crippen LogP contribution in [0.4, 0.5) is 5.69 Å². The van der Waals surface area contributed by atoms with Gasteiger partial charge in [0.15, 0.2) is 0 Å². The first-order chi connectivity index (χ1) is 17.7. The maximum atomic E-state index is 13.3. The quantitative estimate of drug-likeness (QED) is 0.151. The molecule has 1 unspecified atom stereocenters. The lowest BCUT2D eigenvalue weighted by Crippen LogP contribution is -2.29. The first kappa shape index (κ1) is 25.4. The molecule has 0 saturated carbocycles. The van der Waals surface area contributed by atoms with Gasteiger partial charge < -0.3 is 19.5 Å². The molecule has 4 rings (SSSR count). The number of likely N-dealkylation sites (tertiary alicyclic amines) is 1. The summed E-state index contributed by atoms with van der Waals surface area (Å²) < 4.78 is 11.0. The zero-order valence-corrected chi connectivity index (χ0v) is 20.6. The van der Waals surface area contributed by atoms with Gasteiger partial charge in [0.05, 0.1) is 29.8 Å². The molecule has 1 saturated heterocycles. The molecule has 1 atom stereocenters. The number of amides is 1. The lowest BCUT2D eigenvalue weighted by molar-refractivity contribution is -0.384. The Kier molecular flexibility index (Phi) is 7.24. The van der Waals surface area contributed by atoms with Crippen LogP contribution in [0.5, 0.6) is 11.5 Å². The first-order valence-electron chi connectivity index (χ1n) is 11.6. The number of aliphatic hydroxyl groups excluding tert-OH is 1. The SMILES string of the molecule is COc1cccc(C2/C(=C(/O)c3cccc([N+](=O)[O-])c3)C(=O)C(=O)N2Cc2ccc(OC(C)C)cc2)c1. The molecule has 3 aromatic carbocycles. The smallest absolute Gasteiger partial charge is 0.295 e. The average molecular weight is 503 g/mol. The highest BCUT2D eigenvalue weighted by molar-refractivity contribution is 6.46. The topological polar surface area (TPSA) is 119 Å².